The van der Waals surface area contributed by atoms with Gasteiger partial charge in [-0.25, -0.2) is 0 Å². The highest BCUT2D eigenvalue weighted by atomic mass is 16.4. The molecular weight excluding hydrogens is 464 g/mol. The Kier molecular flexibility index (Phi) is 15.0. The number of carboxylic acid groups (broad SMARTS) is 3. The number of rotatable bonds is 13. The van der Waals surface area contributed by atoms with Crippen LogP contribution < -0.4 is 5.32 Å². The van der Waals surface area contributed by atoms with Crippen molar-refractivity contribution in [1.82, 2.24) is 24.9 Å². The van der Waals surface area contributed by atoms with Crippen molar-refractivity contribution in [2.24, 2.45) is 5.11 Å². The fourth-order valence-corrected chi connectivity index (χ4v) is 3.62. The fourth-order valence-electron chi connectivity index (χ4n) is 3.62. The number of carbonyl (C=O) groups excluding carboxylic acids is 1. The molecule has 0 aromatic rings. The Labute approximate surface area is 203 Å². The minimum Gasteiger partial charge on any atom is -0.480 e. The lowest BCUT2D eigenvalue weighted by Gasteiger charge is -2.32. The molecule has 1 heterocycles. The van der Waals surface area contributed by atoms with Crippen molar-refractivity contribution in [2.45, 2.75) is 12.8 Å². The summed E-state index contributed by atoms with van der Waals surface area (Å²) in [7, 11) is 0. The van der Waals surface area contributed by atoms with Crippen molar-refractivity contribution < 1.29 is 34.5 Å². The number of aliphatic carboxylic acids is 3. The second-order valence-corrected chi connectivity index (χ2v) is 8.30. The van der Waals surface area contributed by atoms with E-state index in [0.29, 0.717) is 78.3 Å². The van der Waals surface area contributed by atoms with Gasteiger partial charge in [-0.05, 0) is 18.4 Å². The molecule has 1 amide bonds. The molecule has 0 radical (unpaired) electrons. The molecule has 35 heavy (non-hydrogen) atoms. The van der Waals surface area contributed by atoms with E-state index in [9.17, 15) is 34.5 Å². The summed E-state index contributed by atoms with van der Waals surface area (Å²) in [6.07, 6.45) is 1.32. The van der Waals surface area contributed by atoms with E-state index < -0.39 is 17.9 Å². The number of hydrogen-bond acceptors (Lipinski definition) is 9. The molecule has 15 heteroatoms. The van der Waals surface area contributed by atoms with Crippen LogP contribution in [0.4, 0.5) is 0 Å². The molecule has 0 aliphatic carbocycles. The lowest BCUT2D eigenvalue weighted by atomic mass is 10.3. The molecule has 15 nitrogen and oxygen atoms in total. The summed E-state index contributed by atoms with van der Waals surface area (Å²) in [5.74, 6) is -3.22. The van der Waals surface area contributed by atoms with E-state index in [1.807, 2.05) is 4.90 Å². The van der Waals surface area contributed by atoms with Gasteiger partial charge in [-0.3, -0.25) is 38.8 Å². The zero-order valence-corrected chi connectivity index (χ0v) is 19.9. The molecule has 1 rings (SSSR count). The van der Waals surface area contributed by atoms with Crippen LogP contribution in [0, 0.1) is 0 Å². The average molecular weight is 501 g/mol. The summed E-state index contributed by atoms with van der Waals surface area (Å²) < 4.78 is 0. The van der Waals surface area contributed by atoms with Crippen molar-refractivity contribution >= 4 is 23.8 Å². The maximum absolute atomic E-state index is 12.4. The van der Waals surface area contributed by atoms with Crippen LogP contribution in [0.2, 0.25) is 0 Å². The first-order valence-corrected chi connectivity index (χ1v) is 11.5. The van der Waals surface area contributed by atoms with Gasteiger partial charge in [0.1, 0.15) is 0 Å². The van der Waals surface area contributed by atoms with Gasteiger partial charge in [0.05, 0.1) is 26.2 Å². The van der Waals surface area contributed by atoms with Gasteiger partial charge in [0.15, 0.2) is 0 Å². The number of unbranched alkanes of at least 4 members (excludes halogenated alkanes) is 1. The average Bonchev–Trinajstić information content (AvgIpc) is 2.77. The van der Waals surface area contributed by atoms with Crippen LogP contribution >= 0.6 is 0 Å². The number of carbonyl (C=O) groups is 4. The number of carboxylic acids is 3. The number of nitrogens with one attached hydrogen (secondary N) is 1. The van der Waals surface area contributed by atoms with Crippen LogP contribution in [-0.4, -0.2) is 150 Å². The van der Waals surface area contributed by atoms with Crippen molar-refractivity contribution in [3.8, 4) is 0 Å². The predicted octanol–water partition coefficient (Wildman–Crippen LogP) is -1.33. The SMILES string of the molecule is [N-]=[N+]=NCCCCNC(=O)CN1CCN(CC(=O)O)CCN(CC(=O)O)CCN(CC(=O)O)CC1. The van der Waals surface area contributed by atoms with Crippen LogP contribution in [0.15, 0.2) is 5.11 Å². The molecule has 4 N–H and O–H groups in total. The number of amides is 1. The Morgan fingerprint density at radius 2 is 1.06 bits per heavy atom. The Balaban J connectivity index is 2.81. The maximum Gasteiger partial charge on any atom is 0.317 e. The van der Waals surface area contributed by atoms with E-state index in [1.54, 1.807) is 14.7 Å². The van der Waals surface area contributed by atoms with Gasteiger partial charge in [-0.15, -0.1) is 0 Å². The summed E-state index contributed by atoms with van der Waals surface area (Å²) in [6.45, 7) is 2.98. The molecule has 0 atom stereocenters. The molecule has 0 bridgehead atoms. The fraction of sp³-hybridized carbons (Fsp3) is 0.800. The van der Waals surface area contributed by atoms with Crippen LogP contribution in [0.25, 0.3) is 10.4 Å². The molecule has 1 saturated heterocycles. The quantitative estimate of drug-likeness (QED) is 0.101. The molecule has 1 aliphatic heterocycles. The molecule has 1 aliphatic rings. The van der Waals surface area contributed by atoms with E-state index in [2.05, 4.69) is 15.3 Å². The third kappa shape index (κ3) is 15.5. The van der Waals surface area contributed by atoms with Crippen LogP contribution in [0.5, 0.6) is 0 Å². The third-order valence-electron chi connectivity index (χ3n) is 5.44. The zero-order valence-electron chi connectivity index (χ0n) is 19.9. The number of azide groups is 1. The number of hydrogen-bond donors (Lipinski definition) is 4. The molecule has 1 fully saturated rings. The predicted molar refractivity (Wildman–Crippen MR) is 125 cm³/mol. The van der Waals surface area contributed by atoms with Gasteiger partial charge in [0.25, 0.3) is 0 Å². The van der Waals surface area contributed by atoms with E-state index in [0.717, 1.165) is 0 Å². The lowest BCUT2D eigenvalue weighted by Crippen LogP contribution is -2.49. The van der Waals surface area contributed by atoms with Gasteiger partial charge < -0.3 is 20.6 Å². The van der Waals surface area contributed by atoms with E-state index >= 15 is 0 Å². The van der Waals surface area contributed by atoms with Crippen LogP contribution in [-0.2, 0) is 19.2 Å². The van der Waals surface area contributed by atoms with E-state index in [4.69, 9.17) is 5.53 Å². The Morgan fingerprint density at radius 3 is 1.40 bits per heavy atom. The van der Waals surface area contributed by atoms with Crippen molar-refractivity contribution in [3.05, 3.63) is 10.4 Å². The first kappa shape index (κ1) is 30.1. The zero-order chi connectivity index (χ0) is 26.1. The molecule has 0 saturated carbocycles. The lowest BCUT2D eigenvalue weighted by molar-refractivity contribution is -0.140. The Bertz CT molecular complexity index is 715. The van der Waals surface area contributed by atoms with E-state index in [1.165, 1.54) is 0 Å². The highest BCUT2D eigenvalue weighted by molar-refractivity contribution is 5.78. The highest BCUT2D eigenvalue weighted by Gasteiger charge is 2.21. The maximum atomic E-state index is 12.4. The highest BCUT2D eigenvalue weighted by Crippen LogP contribution is 2.01. The smallest absolute Gasteiger partial charge is 0.317 e. The summed E-state index contributed by atoms with van der Waals surface area (Å²) in [5, 5.41) is 34.0. The van der Waals surface area contributed by atoms with Crippen LogP contribution in [0.3, 0.4) is 0 Å². The van der Waals surface area contributed by atoms with Gasteiger partial charge >= 0.3 is 17.9 Å². The first-order valence-electron chi connectivity index (χ1n) is 11.5. The Morgan fingerprint density at radius 1 is 0.686 bits per heavy atom. The topological polar surface area (TPSA) is 203 Å². The minimum atomic E-state index is -1.01. The second-order valence-electron chi connectivity index (χ2n) is 8.30. The summed E-state index contributed by atoms with van der Waals surface area (Å²) in [4.78, 5) is 55.9. The monoisotopic (exact) mass is 500 g/mol. The number of nitrogens with zero attached hydrogens (tertiary/aromatic N) is 7. The largest absolute Gasteiger partial charge is 0.480 e. The standard InChI is InChI=1S/C20H36N8O7/c21-24-23-4-2-1-3-22-17(29)13-25-5-7-26(14-18(30)31)9-11-28(16-20(34)35)12-10-27(8-6-25)15-19(32)33/h1-16H2,(H,22,29)(H,30,31)(H,32,33)(H,34,35). The molecule has 0 aromatic heterocycles. The molecule has 0 spiro atoms. The second kappa shape index (κ2) is 17.5. The minimum absolute atomic E-state index is 0.0727. The normalized spacial score (nSPS) is 17.5. The molecular formula is C20H36N8O7. The van der Waals surface area contributed by atoms with Gasteiger partial charge in [-0.2, -0.15) is 0 Å². The Hall–Kier alpha value is -2.97. The molecule has 198 valence electrons. The van der Waals surface area contributed by atoms with Crippen molar-refractivity contribution in [1.29, 1.82) is 0 Å². The summed E-state index contributed by atoms with van der Waals surface area (Å²) in [5.41, 5.74) is 8.27. The van der Waals surface area contributed by atoms with E-state index in [-0.39, 0.29) is 32.1 Å². The van der Waals surface area contributed by atoms with Crippen molar-refractivity contribution in [3.63, 3.8) is 0 Å². The van der Waals surface area contributed by atoms with Crippen molar-refractivity contribution in [2.75, 3.05) is 91.6 Å². The van der Waals surface area contributed by atoms with Gasteiger partial charge in [0.2, 0.25) is 5.91 Å². The summed E-state index contributed by atoms with van der Waals surface area (Å²) >= 11 is 0. The summed E-state index contributed by atoms with van der Waals surface area (Å²) in [6, 6.07) is 0. The first-order chi connectivity index (χ1) is 16.7. The van der Waals surface area contributed by atoms with Gasteiger partial charge in [-0.1, -0.05) is 5.11 Å². The van der Waals surface area contributed by atoms with Gasteiger partial charge in [0, 0.05) is 70.4 Å². The molecule has 0 unspecified atom stereocenters. The van der Waals surface area contributed by atoms with Crippen LogP contribution in [0.1, 0.15) is 12.8 Å². The molecule has 0 aromatic carbocycles. The third-order valence-corrected chi connectivity index (χ3v) is 5.44.